The molecule has 0 aliphatic heterocycles. The van der Waals surface area contributed by atoms with Gasteiger partial charge in [-0.2, -0.15) is 0 Å². The van der Waals surface area contributed by atoms with E-state index in [1.807, 2.05) is 40.7 Å². The maximum absolute atomic E-state index is 11.0. The monoisotopic (exact) mass is 304 g/mol. The van der Waals surface area contributed by atoms with E-state index in [9.17, 15) is 13.0 Å². The molecule has 0 aliphatic rings. The Bertz CT molecular complexity index is 622. The smallest absolute Gasteiger partial charge is 0.744 e. The van der Waals surface area contributed by atoms with Crippen LogP contribution < -0.4 is 29.6 Å². The topological polar surface area (TPSA) is 57.2 Å². The van der Waals surface area contributed by atoms with E-state index in [2.05, 4.69) is 0 Å². The molecule has 0 fully saturated rings. The van der Waals surface area contributed by atoms with Gasteiger partial charge in [0.2, 0.25) is 0 Å². The standard InChI is InChI=1S/C11H10O3S.2C2H6.Na/c1-8-6-7-11(15(12,13)14)10-5-3-2-4-9(8)10;2*1-2;/h2-7H,1H3,(H,12,13,14);2*1-2H3;/q;;;+1/p-1. The van der Waals surface area contributed by atoms with E-state index < -0.39 is 10.1 Å². The zero-order valence-corrected chi connectivity index (χ0v) is 15.9. The summed E-state index contributed by atoms with van der Waals surface area (Å²) < 4.78 is 33.0. The predicted octanol–water partition coefficient (Wildman–Crippen LogP) is 1.11. The van der Waals surface area contributed by atoms with Crippen LogP contribution in [0.2, 0.25) is 0 Å². The fourth-order valence-electron chi connectivity index (χ4n) is 1.64. The van der Waals surface area contributed by atoms with Crippen LogP contribution in [0.3, 0.4) is 0 Å². The molecule has 0 heterocycles. The molecular weight excluding hydrogens is 283 g/mol. The van der Waals surface area contributed by atoms with Crippen LogP contribution in [0.25, 0.3) is 10.8 Å². The summed E-state index contributed by atoms with van der Waals surface area (Å²) in [6.45, 7) is 9.88. The fraction of sp³-hybridized carbons (Fsp3) is 0.333. The Balaban J connectivity index is 0. The number of rotatable bonds is 1. The summed E-state index contributed by atoms with van der Waals surface area (Å²) in [5.74, 6) is 0. The van der Waals surface area contributed by atoms with E-state index >= 15 is 0 Å². The first-order chi connectivity index (χ1) is 9.00. The maximum Gasteiger partial charge on any atom is 1.00 e. The van der Waals surface area contributed by atoms with Gasteiger partial charge in [0.15, 0.2) is 0 Å². The molecule has 0 saturated carbocycles. The van der Waals surface area contributed by atoms with Crippen molar-refractivity contribution in [3.8, 4) is 0 Å². The van der Waals surface area contributed by atoms with Crippen molar-refractivity contribution in [3.05, 3.63) is 42.0 Å². The molecule has 0 aliphatic carbocycles. The molecule has 0 amide bonds. The van der Waals surface area contributed by atoms with E-state index in [0.717, 1.165) is 10.9 Å². The van der Waals surface area contributed by atoms with Crippen LogP contribution in [0.15, 0.2) is 41.3 Å². The first kappa shape index (κ1) is 21.9. The minimum atomic E-state index is -4.40. The molecule has 0 atom stereocenters. The van der Waals surface area contributed by atoms with E-state index in [0.29, 0.717) is 5.39 Å². The third-order valence-electron chi connectivity index (χ3n) is 2.37. The van der Waals surface area contributed by atoms with Gasteiger partial charge in [0.05, 0.1) is 4.90 Å². The maximum atomic E-state index is 11.0. The Morgan fingerprint density at radius 3 is 1.75 bits per heavy atom. The average Bonchev–Trinajstić information content (AvgIpc) is 2.42. The Kier molecular flexibility index (Phi) is 11.3. The molecule has 20 heavy (non-hydrogen) atoms. The van der Waals surface area contributed by atoms with Crippen LogP contribution in [-0.4, -0.2) is 13.0 Å². The second-order valence-corrected chi connectivity index (χ2v) is 4.73. The van der Waals surface area contributed by atoms with Crippen LogP contribution in [0.1, 0.15) is 33.3 Å². The summed E-state index contributed by atoms with van der Waals surface area (Å²) in [5, 5.41) is 1.29. The van der Waals surface area contributed by atoms with E-state index in [1.54, 1.807) is 24.3 Å². The Labute approximate surface area is 144 Å². The van der Waals surface area contributed by atoms with Crippen LogP contribution in [0.5, 0.6) is 0 Å². The van der Waals surface area contributed by atoms with Crippen LogP contribution in [-0.2, 0) is 10.1 Å². The molecule has 2 rings (SSSR count). The molecule has 0 saturated heterocycles. The summed E-state index contributed by atoms with van der Waals surface area (Å²) >= 11 is 0. The van der Waals surface area contributed by atoms with Crippen molar-refractivity contribution in [1.82, 2.24) is 0 Å². The van der Waals surface area contributed by atoms with Gasteiger partial charge in [-0.15, -0.1) is 0 Å². The van der Waals surface area contributed by atoms with Gasteiger partial charge in [0.1, 0.15) is 10.1 Å². The molecule has 0 spiro atoms. The fourth-order valence-corrected chi connectivity index (χ4v) is 2.32. The SMILES string of the molecule is CC.CC.Cc1ccc(S(=O)(=O)[O-])c2ccccc12.[Na+]. The van der Waals surface area contributed by atoms with Crippen molar-refractivity contribution >= 4 is 20.9 Å². The zero-order valence-electron chi connectivity index (χ0n) is 13.1. The first-order valence-electron chi connectivity index (χ1n) is 6.44. The number of hydrogen-bond acceptors (Lipinski definition) is 3. The molecule has 3 nitrogen and oxygen atoms in total. The van der Waals surface area contributed by atoms with Gasteiger partial charge in [-0.05, 0) is 29.3 Å². The van der Waals surface area contributed by atoms with Crippen molar-refractivity contribution in [2.75, 3.05) is 0 Å². The van der Waals surface area contributed by atoms with Gasteiger partial charge < -0.3 is 4.55 Å². The Morgan fingerprint density at radius 2 is 1.30 bits per heavy atom. The van der Waals surface area contributed by atoms with Gasteiger partial charge in [-0.1, -0.05) is 58.0 Å². The number of fused-ring (bicyclic) bond motifs is 1. The molecule has 5 heteroatoms. The Morgan fingerprint density at radius 1 is 0.850 bits per heavy atom. The number of aryl methyl sites for hydroxylation is 1. The van der Waals surface area contributed by atoms with Gasteiger partial charge in [0, 0.05) is 0 Å². The van der Waals surface area contributed by atoms with E-state index in [1.165, 1.54) is 6.07 Å². The average molecular weight is 304 g/mol. The van der Waals surface area contributed by atoms with Gasteiger partial charge in [-0.3, -0.25) is 0 Å². The third kappa shape index (κ3) is 5.54. The predicted molar refractivity (Wildman–Crippen MR) is 79.3 cm³/mol. The largest absolute Gasteiger partial charge is 1.00 e. The van der Waals surface area contributed by atoms with Crippen LogP contribution in [0.4, 0.5) is 0 Å². The molecule has 2 aromatic carbocycles. The van der Waals surface area contributed by atoms with Crippen LogP contribution in [0, 0.1) is 6.92 Å². The third-order valence-corrected chi connectivity index (χ3v) is 3.27. The van der Waals surface area contributed by atoms with Crippen molar-refractivity contribution in [2.45, 2.75) is 39.5 Å². The number of hydrogen-bond donors (Lipinski definition) is 0. The molecule has 0 bridgehead atoms. The minimum Gasteiger partial charge on any atom is -0.744 e. The molecular formula is C15H21NaO3S. The molecule has 2 aromatic rings. The first-order valence-corrected chi connectivity index (χ1v) is 7.85. The second-order valence-electron chi connectivity index (χ2n) is 3.38. The summed E-state index contributed by atoms with van der Waals surface area (Å²) in [6.07, 6.45) is 0. The molecule has 106 valence electrons. The summed E-state index contributed by atoms with van der Waals surface area (Å²) in [5.41, 5.74) is 0.956. The molecule has 0 aromatic heterocycles. The summed E-state index contributed by atoms with van der Waals surface area (Å²) in [4.78, 5) is -0.149. The van der Waals surface area contributed by atoms with Crippen molar-refractivity contribution in [1.29, 1.82) is 0 Å². The van der Waals surface area contributed by atoms with Gasteiger partial charge in [0.25, 0.3) is 0 Å². The van der Waals surface area contributed by atoms with Gasteiger partial charge >= 0.3 is 29.6 Å². The Hall–Kier alpha value is -0.390. The molecule has 0 unspecified atom stereocenters. The van der Waals surface area contributed by atoms with Crippen molar-refractivity contribution < 1.29 is 42.5 Å². The minimum absolute atomic E-state index is 0. The normalized spacial score (nSPS) is 9.50. The zero-order chi connectivity index (χ0) is 15.1. The van der Waals surface area contributed by atoms with E-state index in [4.69, 9.17) is 0 Å². The molecule has 0 radical (unpaired) electrons. The summed E-state index contributed by atoms with van der Waals surface area (Å²) in [6, 6.07) is 9.99. The number of benzene rings is 2. The van der Waals surface area contributed by atoms with Crippen LogP contribution >= 0.6 is 0 Å². The second kappa shape index (κ2) is 10.4. The van der Waals surface area contributed by atoms with Gasteiger partial charge in [-0.25, -0.2) is 8.42 Å². The van der Waals surface area contributed by atoms with Crippen molar-refractivity contribution in [3.63, 3.8) is 0 Å². The summed E-state index contributed by atoms with van der Waals surface area (Å²) in [7, 11) is -4.40. The quantitative estimate of drug-likeness (QED) is 0.586. The molecule has 0 N–H and O–H groups in total. The van der Waals surface area contributed by atoms with Crippen molar-refractivity contribution in [2.24, 2.45) is 0 Å². The van der Waals surface area contributed by atoms with E-state index in [-0.39, 0.29) is 34.5 Å².